The van der Waals surface area contributed by atoms with Crippen molar-refractivity contribution >= 4 is 11.9 Å². The molecule has 1 saturated heterocycles. The molecule has 7 nitrogen and oxygen atoms in total. The normalized spacial score (nSPS) is 22.5. The highest BCUT2D eigenvalue weighted by atomic mass is 16.6. The average molecular weight is 462 g/mol. The van der Waals surface area contributed by atoms with Crippen LogP contribution in [-0.4, -0.2) is 56.4 Å². The van der Waals surface area contributed by atoms with Crippen LogP contribution in [-0.2, 0) is 25.5 Å². The lowest BCUT2D eigenvalue weighted by Crippen LogP contribution is -2.49. The molecule has 1 aromatic rings. The van der Waals surface area contributed by atoms with Gasteiger partial charge in [0, 0.05) is 31.5 Å². The van der Waals surface area contributed by atoms with Crippen LogP contribution >= 0.6 is 0 Å². The Balaban J connectivity index is 1.75. The van der Waals surface area contributed by atoms with Gasteiger partial charge in [0.1, 0.15) is 6.10 Å². The van der Waals surface area contributed by atoms with E-state index in [1.54, 1.807) is 28.1 Å². The number of fused-ring (bicyclic) bond motifs is 3. The third-order valence-electron chi connectivity index (χ3n) is 6.52. The van der Waals surface area contributed by atoms with Gasteiger partial charge in [0.25, 0.3) is 0 Å². The van der Waals surface area contributed by atoms with Gasteiger partial charge >= 0.3 is 11.9 Å². The highest BCUT2D eigenvalue weighted by Crippen LogP contribution is 2.44. The second kappa shape index (κ2) is 11.2. The Hall–Kier alpha value is -2.28. The number of carbonyl (C=O) groups is 2. The number of methoxy groups -OCH3 is 2. The molecule has 0 aromatic heterocycles. The molecule has 2 heterocycles. The number of carbonyl (C=O) groups excluding carboxylic acids is 2. The van der Waals surface area contributed by atoms with Crippen LogP contribution in [0.1, 0.15) is 70.5 Å². The van der Waals surface area contributed by atoms with Gasteiger partial charge in [-0.25, -0.2) is 0 Å². The molecule has 33 heavy (non-hydrogen) atoms. The second-order valence-electron chi connectivity index (χ2n) is 9.86. The topological polar surface area (TPSA) is 74.3 Å². The van der Waals surface area contributed by atoms with Crippen LogP contribution in [0.25, 0.3) is 0 Å². The van der Waals surface area contributed by atoms with Gasteiger partial charge in [0.05, 0.1) is 33.2 Å². The van der Waals surface area contributed by atoms with Crippen LogP contribution < -0.4 is 9.47 Å². The van der Waals surface area contributed by atoms with E-state index in [4.69, 9.17) is 18.9 Å². The van der Waals surface area contributed by atoms with Crippen molar-refractivity contribution in [2.24, 2.45) is 11.8 Å². The molecule has 0 aliphatic carbocycles. The Bertz CT molecular complexity index is 836. The van der Waals surface area contributed by atoms with Crippen LogP contribution in [0.2, 0.25) is 0 Å². The van der Waals surface area contributed by atoms with E-state index in [2.05, 4.69) is 30.9 Å². The van der Waals surface area contributed by atoms with Crippen LogP contribution in [0.5, 0.6) is 11.5 Å². The summed E-state index contributed by atoms with van der Waals surface area (Å²) >= 11 is 0. The van der Waals surface area contributed by atoms with E-state index >= 15 is 0 Å². The van der Waals surface area contributed by atoms with Crippen LogP contribution in [0.3, 0.4) is 0 Å². The number of piperidine rings is 1. The zero-order valence-electron chi connectivity index (χ0n) is 20.9. The molecule has 1 fully saturated rings. The summed E-state index contributed by atoms with van der Waals surface area (Å²) in [7, 11) is 3.31. The van der Waals surface area contributed by atoms with Gasteiger partial charge < -0.3 is 18.9 Å². The lowest BCUT2D eigenvalue weighted by atomic mass is 9.79. The number of rotatable bonds is 9. The van der Waals surface area contributed by atoms with E-state index in [1.807, 2.05) is 0 Å². The minimum atomic E-state index is -0.363. The molecule has 3 rings (SSSR count). The smallest absolute Gasteiger partial charge is 0.306 e. The maximum atomic E-state index is 12.6. The third-order valence-corrected chi connectivity index (χ3v) is 6.52. The number of hydrogen-bond donors (Lipinski definition) is 0. The van der Waals surface area contributed by atoms with Gasteiger partial charge in [0.2, 0.25) is 0 Å². The molecule has 0 N–H and O–H groups in total. The van der Waals surface area contributed by atoms with Crippen molar-refractivity contribution < 1.29 is 28.5 Å². The average Bonchev–Trinajstić information content (AvgIpc) is 2.76. The predicted octanol–water partition coefficient (Wildman–Crippen LogP) is 4.31. The molecule has 0 saturated carbocycles. The van der Waals surface area contributed by atoms with Gasteiger partial charge in [0.15, 0.2) is 11.5 Å². The van der Waals surface area contributed by atoms with Crippen molar-refractivity contribution in [3.05, 3.63) is 23.3 Å². The van der Waals surface area contributed by atoms with E-state index in [-0.39, 0.29) is 48.9 Å². The first-order valence-corrected chi connectivity index (χ1v) is 12.1. The number of benzene rings is 1. The third kappa shape index (κ3) is 6.40. The summed E-state index contributed by atoms with van der Waals surface area (Å²) in [5.74, 6) is 1.56. The minimum Gasteiger partial charge on any atom is -0.493 e. The molecule has 184 valence electrons. The zero-order chi connectivity index (χ0) is 24.1. The van der Waals surface area contributed by atoms with E-state index in [0.29, 0.717) is 5.92 Å². The van der Waals surface area contributed by atoms with Crippen molar-refractivity contribution in [2.45, 2.75) is 78.0 Å². The molecule has 2 aliphatic heterocycles. The van der Waals surface area contributed by atoms with Gasteiger partial charge in [-0.1, -0.05) is 13.8 Å². The van der Waals surface area contributed by atoms with Crippen molar-refractivity contribution in [3.63, 3.8) is 0 Å². The lowest BCUT2D eigenvalue weighted by Gasteiger charge is -2.47. The van der Waals surface area contributed by atoms with Crippen LogP contribution in [0.15, 0.2) is 12.1 Å². The summed E-state index contributed by atoms with van der Waals surface area (Å²) < 4.78 is 22.2. The lowest BCUT2D eigenvalue weighted by molar-refractivity contribution is -0.161. The second-order valence-corrected chi connectivity index (χ2v) is 9.86. The summed E-state index contributed by atoms with van der Waals surface area (Å²) in [6.07, 6.45) is 2.43. The molecular weight excluding hydrogens is 422 g/mol. The summed E-state index contributed by atoms with van der Waals surface area (Å²) in [6.45, 7) is 9.87. The van der Waals surface area contributed by atoms with Gasteiger partial charge in [-0.3, -0.25) is 14.5 Å². The molecule has 0 spiro atoms. The quantitative estimate of drug-likeness (QED) is 0.507. The fourth-order valence-corrected chi connectivity index (χ4v) is 5.14. The highest BCUT2D eigenvalue weighted by Gasteiger charge is 2.41. The number of hydrogen-bond acceptors (Lipinski definition) is 7. The molecule has 2 aliphatic rings. The van der Waals surface area contributed by atoms with Gasteiger partial charge in [-0.2, -0.15) is 0 Å². The van der Waals surface area contributed by atoms with Gasteiger partial charge in [-0.05, 0) is 55.9 Å². The fourth-order valence-electron chi connectivity index (χ4n) is 5.14. The van der Waals surface area contributed by atoms with Crippen molar-refractivity contribution in [3.8, 4) is 11.5 Å². The van der Waals surface area contributed by atoms with E-state index < -0.39 is 0 Å². The number of ether oxygens (including phenoxy) is 4. The predicted molar refractivity (Wildman–Crippen MR) is 125 cm³/mol. The Kier molecular flexibility index (Phi) is 8.63. The molecule has 7 heteroatoms. The summed E-state index contributed by atoms with van der Waals surface area (Å²) in [4.78, 5) is 27.0. The molecule has 0 unspecified atom stereocenters. The zero-order valence-corrected chi connectivity index (χ0v) is 20.9. The maximum absolute atomic E-state index is 12.6. The first-order chi connectivity index (χ1) is 15.7. The number of nitrogens with zero attached hydrogens (tertiary/aromatic N) is 1. The molecule has 0 bridgehead atoms. The SMILES string of the molecule is COc1cc2c(cc1OC)[C@H]1C[C@@H](OC(=O)CCC(=O)OC(C)C)[C@H](CC(C)C)CN1CC2. The first-order valence-electron chi connectivity index (χ1n) is 12.1. The van der Waals surface area contributed by atoms with E-state index in [1.165, 1.54) is 11.1 Å². The monoisotopic (exact) mass is 461 g/mol. The van der Waals surface area contributed by atoms with Crippen LogP contribution in [0.4, 0.5) is 0 Å². The largest absolute Gasteiger partial charge is 0.493 e. The van der Waals surface area contributed by atoms with Crippen molar-refractivity contribution in [1.29, 1.82) is 0 Å². The molecule has 0 radical (unpaired) electrons. The highest BCUT2D eigenvalue weighted by molar-refractivity contribution is 5.77. The Morgan fingerprint density at radius 3 is 2.33 bits per heavy atom. The van der Waals surface area contributed by atoms with E-state index in [0.717, 1.165) is 43.9 Å². The first kappa shape index (κ1) is 25.3. The van der Waals surface area contributed by atoms with Gasteiger partial charge in [-0.15, -0.1) is 0 Å². The summed E-state index contributed by atoms with van der Waals surface area (Å²) in [6, 6.07) is 4.32. The Labute approximate surface area is 197 Å². The molecule has 0 amide bonds. The van der Waals surface area contributed by atoms with E-state index in [9.17, 15) is 9.59 Å². The fraction of sp³-hybridized carbons (Fsp3) is 0.692. The Morgan fingerprint density at radius 2 is 1.70 bits per heavy atom. The molecular formula is C26H39NO6. The molecule has 1 aromatic carbocycles. The maximum Gasteiger partial charge on any atom is 0.306 e. The number of esters is 2. The minimum absolute atomic E-state index is 0.0481. The summed E-state index contributed by atoms with van der Waals surface area (Å²) in [5, 5.41) is 0. The van der Waals surface area contributed by atoms with Crippen molar-refractivity contribution in [1.82, 2.24) is 4.90 Å². The van der Waals surface area contributed by atoms with Crippen molar-refractivity contribution in [2.75, 3.05) is 27.3 Å². The van der Waals surface area contributed by atoms with Crippen LogP contribution in [0, 0.1) is 11.8 Å². The Morgan fingerprint density at radius 1 is 1.03 bits per heavy atom. The molecule has 3 atom stereocenters. The summed E-state index contributed by atoms with van der Waals surface area (Å²) in [5.41, 5.74) is 2.49. The standard InChI is InChI=1S/C26H39NO6/c1-16(2)11-19-15-27-10-9-18-12-23(30-5)24(31-6)13-20(18)21(27)14-22(19)33-26(29)8-7-25(28)32-17(3)4/h12-13,16-17,19,21-22H,7-11,14-15H2,1-6H3/t19-,21-,22-/m1/s1.